The normalized spacial score (nSPS) is 24.3. The summed E-state index contributed by atoms with van der Waals surface area (Å²) in [7, 11) is 3.37. The third-order valence-electron chi connectivity index (χ3n) is 5.08. The van der Waals surface area contributed by atoms with Crippen molar-refractivity contribution in [2.75, 3.05) is 20.0 Å². The average molecular weight is 369 g/mol. The Morgan fingerprint density at radius 1 is 1.15 bits per heavy atom. The standard InChI is InChI=1S/C20H23N3O2S/c1-4-13-12-26-20-22-17(15-9-5-6-11-21-15)18(23(13)20)14-8-7-10-16(24-2)19(14)25-3/h5-11,13,17-18H,4,12H2,1-3H3/t13-,17-,18+/m0/s1. The molecule has 0 spiro atoms. The Labute approximate surface area is 158 Å². The molecule has 3 heterocycles. The van der Waals surface area contributed by atoms with Gasteiger partial charge in [-0.2, -0.15) is 0 Å². The smallest absolute Gasteiger partial charge is 0.166 e. The van der Waals surface area contributed by atoms with Gasteiger partial charge in [-0.3, -0.25) is 9.98 Å². The van der Waals surface area contributed by atoms with E-state index in [0.717, 1.165) is 40.1 Å². The first-order valence-corrected chi connectivity index (χ1v) is 9.87. The molecule has 3 atom stereocenters. The Balaban J connectivity index is 1.85. The van der Waals surface area contributed by atoms with E-state index in [1.54, 1.807) is 14.2 Å². The number of hydrogen-bond acceptors (Lipinski definition) is 6. The van der Waals surface area contributed by atoms with Gasteiger partial charge in [-0.25, -0.2) is 0 Å². The number of aromatic nitrogens is 1. The minimum atomic E-state index is -0.0472. The molecule has 1 saturated heterocycles. The van der Waals surface area contributed by atoms with Crippen LogP contribution in [0.1, 0.15) is 36.7 Å². The van der Waals surface area contributed by atoms with Crippen molar-refractivity contribution >= 4 is 16.9 Å². The number of methoxy groups -OCH3 is 2. The van der Waals surface area contributed by atoms with Gasteiger partial charge in [-0.15, -0.1) is 0 Å². The lowest BCUT2D eigenvalue weighted by atomic mass is 9.94. The molecule has 0 bridgehead atoms. The van der Waals surface area contributed by atoms with Crippen molar-refractivity contribution in [3.63, 3.8) is 0 Å². The zero-order valence-corrected chi connectivity index (χ0v) is 16.1. The van der Waals surface area contributed by atoms with Gasteiger partial charge in [-0.1, -0.05) is 36.9 Å². The van der Waals surface area contributed by atoms with Crippen LogP contribution in [0.15, 0.2) is 47.6 Å². The maximum Gasteiger partial charge on any atom is 0.166 e. The van der Waals surface area contributed by atoms with E-state index in [-0.39, 0.29) is 12.1 Å². The van der Waals surface area contributed by atoms with Gasteiger partial charge in [0.2, 0.25) is 0 Å². The summed E-state index contributed by atoms with van der Waals surface area (Å²) < 4.78 is 11.3. The number of rotatable bonds is 5. The van der Waals surface area contributed by atoms with Crippen molar-refractivity contribution < 1.29 is 9.47 Å². The summed E-state index contributed by atoms with van der Waals surface area (Å²) in [5, 5.41) is 1.11. The lowest BCUT2D eigenvalue weighted by Crippen LogP contribution is -2.35. The van der Waals surface area contributed by atoms with Crippen molar-refractivity contribution in [2.45, 2.75) is 31.5 Å². The number of benzene rings is 1. The molecule has 0 aliphatic carbocycles. The largest absolute Gasteiger partial charge is 0.493 e. The molecule has 2 aliphatic rings. The van der Waals surface area contributed by atoms with Crippen LogP contribution in [-0.4, -0.2) is 41.1 Å². The van der Waals surface area contributed by atoms with Crippen LogP contribution < -0.4 is 9.47 Å². The number of pyridine rings is 1. The van der Waals surface area contributed by atoms with Gasteiger partial charge in [0.05, 0.1) is 26.0 Å². The van der Waals surface area contributed by atoms with E-state index in [2.05, 4.69) is 28.9 Å². The van der Waals surface area contributed by atoms with E-state index in [0.29, 0.717) is 6.04 Å². The third-order valence-corrected chi connectivity index (χ3v) is 6.21. The van der Waals surface area contributed by atoms with E-state index in [1.807, 2.05) is 42.2 Å². The van der Waals surface area contributed by atoms with E-state index in [9.17, 15) is 0 Å². The predicted octanol–water partition coefficient (Wildman–Crippen LogP) is 4.08. The fraction of sp³-hybridized carbons (Fsp3) is 0.400. The van der Waals surface area contributed by atoms with Gasteiger partial charge in [0.1, 0.15) is 6.04 Å². The average Bonchev–Trinajstić information content (AvgIpc) is 3.26. The van der Waals surface area contributed by atoms with Crippen LogP contribution in [0.2, 0.25) is 0 Å². The summed E-state index contributed by atoms with van der Waals surface area (Å²) in [5.41, 5.74) is 2.09. The molecule has 2 aromatic rings. The second-order valence-corrected chi connectivity index (χ2v) is 7.41. The van der Waals surface area contributed by atoms with Crippen LogP contribution in [-0.2, 0) is 0 Å². The van der Waals surface area contributed by atoms with Crippen molar-refractivity contribution in [1.29, 1.82) is 0 Å². The predicted molar refractivity (Wildman–Crippen MR) is 105 cm³/mol. The number of amidine groups is 1. The minimum Gasteiger partial charge on any atom is -0.493 e. The zero-order valence-electron chi connectivity index (χ0n) is 15.3. The minimum absolute atomic E-state index is 0.0472. The van der Waals surface area contributed by atoms with Gasteiger partial charge in [-0.05, 0) is 24.6 Å². The molecule has 4 rings (SSSR count). The lowest BCUT2D eigenvalue weighted by molar-refractivity contribution is 0.246. The number of ether oxygens (including phenoxy) is 2. The number of fused-ring (bicyclic) bond motifs is 1. The topological polar surface area (TPSA) is 47.0 Å². The van der Waals surface area contributed by atoms with Gasteiger partial charge < -0.3 is 14.4 Å². The highest BCUT2D eigenvalue weighted by atomic mass is 32.2. The van der Waals surface area contributed by atoms with Crippen molar-refractivity contribution in [1.82, 2.24) is 9.88 Å². The van der Waals surface area contributed by atoms with Gasteiger partial charge in [0.15, 0.2) is 16.7 Å². The zero-order chi connectivity index (χ0) is 18.1. The van der Waals surface area contributed by atoms with Gasteiger partial charge >= 0.3 is 0 Å². The highest BCUT2D eigenvalue weighted by molar-refractivity contribution is 8.14. The summed E-state index contributed by atoms with van der Waals surface area (Å²) >= 11 is 1.84. The molecule has 1 aromatic heterocycles. The molecule has 0 N–H and O–H groups in total. The first kappa shape index (κ1) is 17.2. The van der Waals surface area contributed by atoms with Crippen molar-refractivity contribution in [3.05, 3.63) is 53.9 Å². The Morgan fingerprint density at radius 3 is 2.73 bits per heavy atom. The van der Waals surface area contributed by atoms with Crippen molar-refractivity contribution in [2.24, 2.45) is 4.99 Å². The quantitative estimate of drug-likeness (QED) is 0.795. The van der Waals surface area contributed by atoms with Crippen LogP contribution in [0, 0.1) is 0 Å². The highest BCUT2D eigenvalue weighted by Gasteiger charge is 2.46. The molecule has 136 valence electrons. The monoisotopic (exact) mass is 369 g/mol. The lowest BCUT2D eigenvalue weighted by Gasteiger charge is -2.32. The van der Waals surface area contributed by atoms with E-state index in [4.69, 9.17) is 14.5 Å². The summed E-state index contributed by atoms with van der Waals surface area (Å²) in [4.78, 5) is 12.1. The SMILES string of the molecule is CC[C@H]1CSC2=N[C@@H](c3ccccn3)[C@@H](c3cccc(OC)c3OC)N21. The maximum atomic E-state index is 5.75. The maximum absolute atomic E-state index is 5.75. The van der Waals surface area contributed by atoms with Gasteiger partial charge in [0, 0.05) is 23.6 Å². The third kappa shape index (κ3) is 2.72. The first-order chi connectivity index (χ1) is 12.8. The molecule has 1 fully saturated rings. The molecule has 0 unspecified atom stereocenters. The molecule has 0 radical (unpaired) electrons. The number of aliphatic imine (C=N–C) groups is 1. The molecule has 6 heteroatoms. The Hall–Kier alpha value is -2.21. The Bertz CT molecular complexity index is 812. The summed E-state index contributed by atoms with van der Waals surface area (Å²) in [6.45, 7) is 2.24. The second-order valence-electron chi connectivity index (χ2n) is 6.42. The number of nitrogens with zero attached hydrogens (tertiary/aromatic N) is 3. The Morgan fingerprint density at radius 2 is 2.04 bits per heavy atom. The van der Waals surface area contributed by atoms with Gasteiger partial charge in [0.25, 0.3) is 0 Å². The summed E-state index contributed by atoms with van der Waals surface area (Å²) in [5.74, 6) is 2.61. The molecular formula is C20H23N3O2S. The van der Waals surface area contributed by atoms with Crippen LogP contribution in [0.3, 0.4) is 0 Å². The van der Waals surface area contributed by atoms with Crippen LogP contribution in [0.4, 0.5) is 0 Å². The van der Waals surface area contributed by atoms with Crippen LogP contribution in [0.25, 0.3) is 0 Å². The first-order valence-electron chi connectivity index (χ1n) is 8.89. The fourth-order valence-electron chi connectivity index (χ4n) is 3.83. The van der Waals surface area contributed by atoms with Crippen molar-refractivity contribution in [3.8, 4) is 11.5 Å². The summed E-state index contributed by atoms with van der Waals surface area (Å²) in [6, 6.07) is 12.6. The molecular weight excluding hydrogens is 346 g/mol. The van der Waals surface area contributed by atoms with E-state index < -0.39 is 0 Å². The van der Waals surface area contributed by atoms with E-state index >= 15 is 0 Å². The summed E-state index contributed by atoms with van der Waals surface area (Å²) in [6.07, 6.45) is 2.92. The van der Waals surface area contributed by atoms with Crippen LogP contribution in [0.5, 0.6) is 11.5 Å². The molecule has 0 saturated carbocycles. The molecule has 0 amide bonds. The van der Waals surface area contributed by atoms with E-state index in [1.165, 1.54) is 0 Å². The highest BCUT2D eigenvalue weighted by Crippen LogP contribution is 2.51. The molecule has 1 aromatic carbocycles. The number of hydrogen-bond donors (Lipinski definition) is 0. The second kappa shape index (κ2) is 7.19. The molecule has 2 aliphatic heterocycles. The number of thioether (sulfide) groups is 1. The molecule has 5 nitrogen and oxygen atoms in total. The Kier molecular flexibility index (Phi) is 4.76. The van der Waals surface area contributed by atoms with Crippen LogP contribution >= 0.6 is 11.8 Å². The number of para-hydroxylation sites is 1. The molecule has 26 heavy (non-hydrogen) atoms. The fourth-order valence-corrected chi connectivity index (χ4v) is 5.17.